The van der Waals surface area contributed by atoms with Gasteiger partial charge in [-0.05, 0) is 36.8 Å². The first kappa shape index (κ1) is 19.8. The minimum Gasteiger partial charge on any atom is -0.325 e. The highest BCUT2D eigenvalue weighted by molar-refractivity contribution is 7.99. The highest BCUT2D eigenvalue weighted by atomic mass is 32.2. The Morgan fingerprint density at radius 3 is 2.39 bits per heavy atom. The average molecular weight is 405 g/mol. The van der Waals surface area contributed by atoms with Crippen molar-refractivity contribution in [3.63, 3.8) is 0 Å². The Labute approximate surface area is 164 Å². The Bertz CT molecular complexity index is 893. The zero-order chi connectivity index (χ0) is 20.3. The third kappa shape index (κ3) is 4.14. The van der Waals surface area contributed by atoms with Gasteiger partial charge in [0.15, 0.2) is 0 Å². The van der Waals surface area contributed by atoms with Crippen LogP contribution in [0.4, 0.5) is 19.3 Å². The standard InChI is InChI=1S/C19H17F2N3O3S/c1-19(12-5-3-2-4-6-12)16(26)24(18(27)23-19)11-15(25)22-13-7-9-14(10-8-13)28-17(20)21/h2-10,17H,11H2,1H3,(H,22,25)(H,23,27)/t19-/m1/s1. The number of urea groups is 1. The predicted molar refractivity (Wildman–Crippen MR) is 101 cm³/mol. The van der Waals surface area contributed by atoms with Crippen LogP contribution >= 0.6 is 11.8 Å². The lowest BCUT2D eigenvalue weighted by molar-refractivity contribution is -0.133. The number of imide groups is 1. The molecule has 6 nitrogen and oxygen atoms in total. The first-order valence-corrected chi connectivity index (χ1v) is 9.22. The molecule has 1 fully saturated rings. The van der Waals surface area contributed by atoms with Crippen molar-refractivity contribution in [1.82, 2.24) is 10.2 Å². The predicted octanol–water partition coefficient (Wildman–Crippen LogP) is 3.41. The van der Waals surface area contributed by atoms with Crippen LogP contribution in [0.1, 0.15) is 12.5 Å². The molecule has 1 aliphatic heterocycles. The fraction of sp³-hybridized carbons (Fsp3) is 0.211. The Morgan fingerprint density at radius 1 is 1.14 bits per heavy atom. The summed E-state index contributed by atoms with van der Waals surface area (Å²) in [4.78, 5) is 38.5. The number of benzene rings is 2. The normalized spacial score (nSPS) is 19.1. The van der Waals surface area contributed by atoms with E-state index in [1.54, 1.807) is 37.3 Å². The van der Waals surface area contributed by atoms with Gasteiger partial charge in [0, 0.05) is 10.6 Å². The van der Waals surface area contributed by atoms with Gasteiger partial charge < -0.3 is 10.6 Å². The summed E-state index contributed by atoms with van der Waals surface area (Å²) in [6.07, 6.45) is 0. The Morgan fingerprint density at radius 2 is 1.79 bits per heavy atom. The minimum atomic E-state index is -2.53. The van der Waals surface area contributed by atoms with Gasteiger partial charge in [-0.3, -0.25) is 14.5 Å². The molecule has 2 N–H and O–H groups in total. The average Bonchev–Trinajstić information content (AvgIpc) is 2.88. The van der Waals surface area contributed by atoms with Gasteiger partial charge in [0.05, 0.1) is 0 Å². The number of rotatable bonds is 6. The molecule has 0 unspecified atom stereocenters. The number of nitrogens with one attached hydrogen (secondary N) is 2. The second-order valence-corrected chi connectivity index (χ2v) is 7.33. The molecule has 146 valence electrons. The molecule has 28 heavy (non-hydrogen) atoms. The smallest absolute Gasteiger partial charge is 0.325 e. The second kappa shape index (κ2) is 7.97. The van der Waals surface area contributed by atoms with Crippen LogP contribution < -0.4 is 10.6 Å². The summed E-state index contributed by atoms with van der Waals surface area (Å²) < 4.78 is 24.7. The molecule has 1 heterocycles. The Hall–Kier alpha value is -2.94. The number of hydrogen-bond donors (Lipinski definition) is 2. The van der Waals surface area contributed by atoms with Gasteiger partial charge in [0.25, 0.3) is 11.7 Å². The van der Waals surface area contributed by atoms with Crippen LogP contribution in [0.25, 0.3) is 0 Å². The van der Waals surface area contributed by atoms with Gasteiger partial charge in [0.2, 0.25) is 5.91 Å². The monoisotopic (exact) mass is 405 g/mol. The lowest BCUT2D eigenvalue weighted by atomic mass is 9.92. The van der Waals surface area contributed by atoms with Crippen LogP contribution in [0.2, 0.25) is 0 Å². The molecule has 2 aromatic rings. The van der Waals surface area contributed by atoms with E-state index in [1.165, 1.54) is 24.3 Å². The number of amides is 4. The van der Waals surface area contributed by atoms with E-state index in [9.17, 15) is 23.2 Å². The maximum absolute atomic E-state index is 12.8. The number of anilines is 1. The fourth-order valence-electron chi connectivity index (χ4n) is 2.87. The van der Waals surface area contributed by atoms with E-state index < -0.39 is 35.7 Å². The molecule has 4 amide bonds. The van der Waals surface area contributed by atoms with E-state index in [-0.39, 0.29) is 0 Å². The molecule has 1 atom stereocenters. The van der Waals surface area contributed by atoms with Crippen LogP contribution in [0.15, 0.2) is 59.5 Å². The minimum absolute atomic E-state index is 0.362. The van der Waals surface area contributed by atoms with Crippen molar-refractivity contribution in [3.05, 3.63) is 60.2 Å². The van der Waals surface area contributed by atoms with E-state index in [4.69, 9.17) is 0 Å². The summed E-state index contributed by atoms with van der Waals surface area (Å²) in [5, 5.41) is 5.17. The Balaban J connectivity index is 1.65. The molecule has 0 bridgehead atoms. The summed E-state index contributed by atoms with van der Waals surface area (Å²) in [7, 11) is 0. The maximum atomic E-state index is 12.8. The quantitative estimate of drug-likeness (QED) is 0.570. The molecule has 0 aliphatic carbocycles. The first-order chi connectivity index (χ1) is 13.3. The van der Waals surface area contributed by atoms with Gasteiger partial charge >= 0.3 is 6.03 Å². The molecule has 0 saturated carbocycles. The summed E-state index contributed by atoms with van der Waals surface area (Å²) in [6, 6.07) is 13.9. The summed E-state index contributed by atoms with van der Waals surface area (Å²) in [5.41, 5.74) is -0.253. The molecular weight excluding hydrogens is 388 g/mol. The van der Waals surface area contributed by atoms with Crippen molar-refractivity contribution in [2.24, 2.45) is 0 Å². The highest BCUT2D eigenvalue weighted by Crippen LogP contribution is 2.29. The molecule has 1 aliphatic rings. The third-order valence-corrected chi connectivity index (χ3v) is 5.01. The number of halogens is 2. The van der Waals surface area contributed by atoms with Crippen molar-refractivity contribution >= 4 is 35.3 Å². The first-order valence-electron chi connectivity index (χ1n) is 8.34. The van der Waals surface area contributed by atoms with Crippen molar-refractivity contribution in [2.45, 2.75) is 23.1 Å². The van der Waals surface area contributed by atoms with Crippen molar-refractivity contribution in [2.75, 3.05) is 11.9 Å². The number of nitrogens with zero attached hydrogens (tertiary/aromatic N) is 1. The second-order valence-electron chi connectivity index (χ2n) is 6.26. The van der Waals surface area contributed by atoms with Crippen LogP contribution in [-0.2, 0) is 15.1 Å². The van der Waals surface area contributed by atoms with Crippen LogP contribution in [0.5, 0.6) is 0 Å². The maximum Gasteiger partial charge on any atom is 0.325 e. The zero-order valence-corrected chi connectivity index (χ0v) is 15.6. The summed E-state index contributed by atoms with van der Waals surface area (Å²) in [6.45, 7) is 1.13. The number of alkyl halides is 2. The molecule has 3 rings (SSSR count). The largest absolute Gasteiger partial charge is 0.325 e. The van der Waals surface area contributed by atoms with E-state index >= 15 is 0 Å². The molecule has 2 aromatic carbocycles. The van der Waals surface area contributed by atoms with Gasteiger partial charge in [-0.1, -0.05) is 42.1 Å². The van der Waals surface area contributed by atoms with Crippen molar-refractivity contribution < 1.29 is 23.2 Å². The number of carbonyl (C=O) groups excluding carboxylic acids is 3. The summed E-state index contributed by atoms with van der Waals surface area (Å²) in [5.74, 6) is -3.63. The molecule has 9 heteroatoms. The van der Waals surface area contributed by atoms with Gasteiger partial charge in [0.1, 0.15) is 12.1 Å². The van der Waals surface area contributed by atoms with E-state index in [0.29, 0.717) is 27.9 Å². The molecule has 1 saturated heterocycles. The fourth-order valence-corrected chi connectivity index (χ4v) is 3.37. The highest BCUT2D eigenvalue weighted by Gasteiger charge is 2.49. The lowest BCUT2D eigenvalue weighted by Gasteiger charge is -2.22. The van der Waals surface area contributed by atoms with Crippen molar-refractivity contribution in [1.29, 1.82) is 0 Å². The molecule has 0 spiro atoms. The summed E-state index contributed by atoms with van der Waals surface area (Å²) >= 11 is 0.399. The van der Waals surface area contributed by atoms with Gasteiger partial charge in [-0.25, -0.2) is 4.79 Å². The number of hydrogen-bond acceptors (Lipinski definition) is 4. The SMILES string of the molecule is C[C@]1(c2ccccc2)NC(=O)N(CC(=O)Nc2ccc(SC(F)F)cc2)C1=O. The van der Waals surface area contributed by atoms with Gasteiger partial charge in [-0.15, -0.1) is 0 Å². The van der Waals surface area contributed by atoms with Gasteiger partial charge in [-0.2, -0.15) is 8.78 Å². The topological polar surface area (TPSA) is 78.5 Å². The van der Waals surface area contributed by atoms with Crippen LogP contribution in [-0.4, -0.2) is 35.0 Å². The van der Waals surface area contributed by atoms with E-state index in [2.05, 4.69) is 10.6 Å². The molecule has 0 aromatic heterocycles. The molecule has 0 radical (unpaired) electrons. The lowest BCUT2D eigenvalue weighted by Crippen LogP contribution is -2.42. The van der Waals surface area contributed by atoms with Crippen LogP contribution in [0, 0.1) is 0 Å². The van der Waals surface area contributed by atoms with Crippen LogP contribution in [0.3, 0.4) is 0 Å². The van der Waals surface area contributed by atoms with Crippen molar-refractivity contribution in [3.8, 4) is 0 Å². The third-order valence-electron chi connectivity index (χ3n) is 4.29. The zero-order valence-electron chi connectivity index (χ0n) is 14.8. The van der Waals surface area contributed by atoms with E-state index in [0.717, 1.165) is 4.90 Å². The van der Waals surface area contributed by atoms with E-state index in [1.807, 2.05) is 0 Å². The number of thioether (sulfide) groups is 1. The molecular formula is C19H17F2N3O3S. The Kier molecular flexibility index (Phi) is 5.64. The number of carbonyl (C=O) groups is 3.